The molecule has 0 aliphatic carbocycles. The van der Waals surface area contributed by atoms with E-state index < -0.39 is 0 Å². The molecular formula is C20H24N2O2. The number of anilines is 1. The van der Waals surface area contributed by atoms with Crippen molar-refractivity contribution in [1.82, 2.24) is 5.32 Å². The van der Waals surface area contributed by atoms with Gasteiger partial charge < -0.3 is 15.4 Å². The van der Waals surface area contributed by atoms with Gasteiger partial charge in [-0.25, -0.2) is 4.79 Å². The Morgan fingerprint density at radius 1 is 1.17 bits per heavy atom. The Morgan fingerprint density at radius 3 is 2.67 bits per heavy atom. The van der Waals surface area contributed by atoms with Crippen molar-refractivity contribution in [3.63, 3.8) is 0 Å². The van der Waals surface area contributed by atoms with Crippen molar-refractivity contribution in [3.8, 4) is 0 Å². The average Bonchev–Trinajstić information content (AvgIpc) is 2.59. The Bertz CT molecular complexity index is 715. The summed E-state index contributed by atoms with van der Waals surface area (Å²) >= 11 is 0. The highest BCUT2D eigenvalue weighted by Gasteiger charge is 2.32. The van der Waals surface area contributed by atoms with Gasteiger partial charge in [0.2, 0.25) is 0 Å². The van der Waals surface area contributed by atoms with Crippen LogP contribution in [0.2, 0.25) is 0 Å². The number of nitrogens with one attached hydrogen (secondary N) is 2. The molecule has 1 unspecified atom stereocenters. The van der Waals surface area contributed by atoms with E-state index in [0.717, 1.165) is 16.8 Å². The summed E-state index contributed by atoms with van der Waals surface area (Å²) in [6.07, 6.45) is -0.378. The first-order valence-corrected chi connectivity index (χ1v) is 8.39. The molecule has 0 radical (unpaired) electrons. The number of fused-ring (bicyclic) bond motifs is 1. The van der Waals surface area contributed by atoms with Crippen LogP contribution in [0.25, 0.3) is 0 Å². The van der Waals surface area contributed by atoms with Crippen LogP contribution < -0.4 is 10.6 Å². The summed E-state index contributed by atoms with van der Waals surface area (Å²) in [5.74, 6) is 0.267. The van der Waals surface area contributed by atoms with Crippen LogP contribution in [0.1, 0.15) is 36.6 Å². The molecule has 3 atom stereocenters. The van der Waals surface area contributed by atoms with Gasteiger partial charge in [0.05, 0.1) is 6.04 Å². The van der Waals surface area contributed by atoms with Crippen LogP contribution in [-0.2, 0) is 11.3 Å². The first-order chi connectivity index (χ1) is 11.5. The molecule has 2 aromatic rings. The maximum atomic E-state index is 12.3. The van der Waals surface area contributed by atoms with Crippen molar-refractivity contribution in [2.45, 2.75) is 39.5 Å². The molecule has 1 aliphatic heterocycles. The van der Waals surface area contributed by atoms with E-state index in [-0.39, 0.29) is 30.7 Å². The summed E-state index contributed by atoms with van der Waals surface area (Å²) in [7, 11) is 0. The fourth-order valence-electron chi connectivity index (χ4n) is 3.12. The maximum absolute atomic E-state index is 12.3. The smallest absolute Gasteiger partial charge is 0.407 e. The van der Waals surface area contributed by atoms with Gasteiger partial charge in [-0.3, -0.25) is 0 Å². The Morgan fingerprint density at radius 2 is 1.92 bits per heavy atom. The van der Waals surface area contributed by atoms with Crippen LogP contribution in [0.4, 0.5) is 10.5 Å². The second-order valence-electron chi connectivity index (χ2n) is 6.57. The SMILES string of the molecule is Cc1ccc2c(c1)C(NC(=O)OCc1ccccc1)[C@@H](C)[C@H](C)N2. The van der Waals surface area contributed by atoms with Crippen LogP contribution >= 0.6 is 0 Å². The number of carbonyl (C=O) groups is 1. The van der Waals surface area contributed by atoms with Crippen molar-refractivity contribution >= 4 is 11.8 Å². The predicted octanol–water partition coefficient (Wildman–Crippen LogP) is 4.41. The molecule has 0 spiro atoms. The molecule has 3 rings (SSSR count). The highest BCUT2D eigenvalue weighted by atomic mass is 16.5. The van der Waals surface area contributed by atoms with E-state index in [9.17, 15) is 4.79 Å². The number of rotatable bonds is 3. The summed E-state index contributed by atoms with van der Waals surface area (Å²) in [6.45, 7) is 6.62. The van der Waals surface area contributed by atoms with Crippen LogP contribution in [0.15, 0.2) is 48.5 Å². The molecule has 0 saturated carbocycles. The zero-order chi connectivity index (χ0) is 17.1. The highest BCUT2D eigenvalue weighted by molar-refractivity contribution is 5.69. The lowest BCUT2D eigenvalue weighted by atomic mass is 9.84. The molecular weight excluding hydrogens is 300 g/mol. The first-order valence-electron chi connectivity index (χ1n) is 8.39. The van der Waals surface area contributed by atoms with Gasteiger partial charge in [0.1, 0.15) is 6.61 Å². The molecule has 1 heterocycles. The Labute approximate surface area is 143 Å². The molecule has 2 aromatic carbocycles. The van der Waals surface area contributed by atoms with Gasteiger partial charge in [-0.05, 0) is 31.0 Å². The summed E-state index contributed by atoms with van der Waals surface area (Å²) in [6, 6.07) is 16.2. The third kappa shape index (κ3) is 3.53. The number of hydrogen-bond donors (Lipinski definition) is 2. The van der Waals surface area contributed by atoms with Gasteiger partial charge in [0.25, 0.3) is 0 Å². The third-order valence-corrected chi connectivity index (χ3v) is 4.73. The maximum Gasteiger partial charge on any atom is 0.407 e. The Hall–Kier alpha value is -2.49. The molecule has 0 aromatic heterocycles. The Kier molecular flexibility index (Phi) is 4.74. The van der Waals surface area contributed by atoms with E-state index in [1.807, 2.05) is 30.3 Å². The molecule has 4 heteroatoms. The normalized spacial score (nSPS) is 22.2. The van der Waals surface area contributed by atoms with Gasteiger partial charge >= 0.3 is 6.09 Å². The molecule has 126 valence electrons. The number of alkyl carbamates (subject to hydrolysis) is 1. The minimum absolute atomic E-state index is 0.0561. The molecule has 1 aliphatic rings. The molecule has 0 fully saturated rings. The van der Waals surface area contributed by atoms with Crippen molar-refractivity contribution in [3.05, 3.63) is 65.2 Å². The van der Waals surface area contributed by atoms with Gasteiger partial charge in [0.15, 0.2) is 0 Å². The van der Waals surface area contributed by atoms with Crippen LogP contribution in [-0.4, -0.2) is 12.1 Å². The number of carbonyl (C=O) groups excluding carboxylic acids is 1. The summed E-state index contributed by atoms with van der Waals surface area (Å²) in [4.78, 5) is 12.3. The molecule has 0 saturated heterocycles. The molecule has 1 amide bonds. The van der Waals surface area contributed by atoms with E-state index in [1.165, 1.54) is 5.56 Å². The number of benzene rings is 2. The van der Waals surface area contributed by atoms with E-state index >= 15 is 0 Å². The van der Waals surface area contributed by atoms with E-state index in [4.69, 9.17) is 4.74 Å². The highest BCUT2D eigenvalue weighted by Crippen LogP contribution is 2.37. The molecule has 0 bridgehead atoms. The minimum atomic E-state index is -0.378. The zero-order valence-electron chi connectivity index (χ0n) is 14.4. The number of aryl methyl sites for hydroxylation is 1. The third-order valence-electron chi connectivity index (χ3n) is 4.73. The van der Waals surface area contributed by atoms with Crippen molar-refractivity contribution < 1.29 is 9.53 Å². The van der Waals surface area contributed by atoms with E-state index in [2.05, 4.69) is 49.6 Å². The lowest BCUT2D eigenvalue weighted by Crippen LogP contribution is -2.42. The lowest BCUT2D eigenvalue weighted by molar-refractivity contribution is 0.131. The number of hydrogen-bond acceptors (Lipinski definition) is 3. The Balaban J connectivity index is 1.71. The monoisotopic (exact) mass is 324 g/mol. The first kappa shape index (κ1) is 16.4. The lowest BCUT2D eigenvalue weighted by Gasteiger charge is -2.37. The van der Waals surface area contributed by atoms with Crippen LogP contribution in [0.5, 0.6) is 0 Å². The van der Waals surface area contributed by atoms with Gasteiger partial charge in [-0.1, -0.05) is 55.0 Å². The molecule has 24 heavy (non-hydrogen) atoms. The molecule has 4 nitrogen and oxygen atoms in total. The van der Waals surface area contributed by atoms with Crippen molar-refractivity contribution in [2.75, 3.05) is 5.32 Å². The van der Waals surface area contributed by atoms with Crippen molar-refractivity contribution in [1.29, 1.82) is 0 Å². The number of amides is 1. The van der Waals surface area contributed by atoms with Gasteiger partial charge in [0, 0.05) is 17.6 Å². The summed E-state index contributed by atoms with van der Waals surface area (Å²) in [5, 5.41) is 6.56. The second-order valence-corrected chi connectivity index (χ2v) is 6.57. The fourth-order valence-corrected chi connectivity index (χ4v) is 3.12. The van der Waals surface area contributed by atoms with E-state index in [1.54, 1.807) is 0 Å². The van der Waals surface area contributed by atoms with E-state index in [0.29, 0.717) is 0 Å². The fraction of sp³-hybridized carbons (Fsp3) is 0.350. The largest absolute Gasteiger partial charge is 0.445 e. The average molecular weight is 324 g/mol. The van der Waals surface area contributed by atoms with Crippen LogP contribution in [0.3, 0.4) is 0 Å². The van der Waals surface area contributed by atoms with Crippen molar-refractivity contribution in [2.24, 2.45) is 5.92 Å². The summed E-state index contributed by atoms with van der Waals surface area (Å²) in [5.41, 5.74) is 4.37. The van der Waals surface area contributed by atoms with Crippen LogP contribution in [0, 0.1) is 12.8 Å². The molecule has 2 N–H and O–H groups in total. The van der Waals surface area contributed by atoms with Gasteiger partial charge in [-0.15, -0.1) is 0 Å². The summed E-state index contributed by atoms with van der Waals surface area (Å²) < 4.78 is 5.39. The predicted molar refractivity (Wildman–Crippen MR) is 95.9 cm³/mol. The van der Waals surface area contributed by atoms with Gasteiger partial charge in [-0.2, -0.15) is 0 Å². The zero-order valence-corrected chi connectivity index (χ0v) is 14.4. The number of ether oxygens (including phenoxy) is 1. The minimum Gasteiger partial charge on any atom is -0.445 e. The second kappa shape index (κ2) is 6.95. The topological polar surface area (TPSA) is 50.4 Å². The quantitative estimate of drug-likeness (QED) is 0.879. The standard InChI is InChI=1S/C20H24N2O2/c1-13-9-10-18-17(11-13)19(14(2)15(3)21-18)22-20(23)24-12-16-7-5-4-6-8-16/h4-11,14-15,19,21H,12H2,1-3H3,(H,22,23)/t14-,15-,19?/m0/s1.